The summed E-state index contributed by atoms with van der Waals surface area (Å²) in [5, 5.41) is 12.3. The van der Waals surface area contributed by atoms with Crippen molar-refractivity contribution in [3.8, 4) is 11.3 Å². The molecule has 0 radical (unpaired) electrons. The first kappa shape index (κ1) is 17.6. The van der Waals surface area contributed by atoms with Gasteiger partial charge >= 0.3 is 0 Å². The topological polar surface area (TPSA) is 74.8 Å². The molecule has 0 amide bonds. The van der Waals surface area contributed by atoms with Crippen LogP contribution in [0.1, 0.15) is 0 Å². The number of rotatable bonds is 4. The van der Waals surface area contributed by atoms with Gasteiger partial charge < -0.3 is 5.32 Å². The van der Waals surface area contributed by atoms with Crippen LogP contribution in [0.5, 0.6) is 0 Å². The Morgan fingerprint density at radius 3 is 2.44 bits per heavy atom. The predicted molar refractivity (Wildman–Crippen MR) is 109 cm³/mol. The number of hydrogen-bond donors (Lipinski definition) is 2. The van der Waals surface area contributed by atoms with Gasteiger partial charge in [0.25, 0.3) is 0 Å². The molecule has 0 unspecified atom stereocenters. The second-order valence-corrected chi connectivity index (χ2v) is 8.66. The molecule has 1 heterocycles. The van der Waals surface area contributed by atoms with Gasteiger partial charge in [-0.3, -0.25) is 5.10 Å². The number of nitrogens with one attached hydrogen (secondary N) is 2. The van der Waals surface area contributed by atoms with E-state index >= 15 is 0 Å². The number of halogens is 1. The van der Waals surface area contributed by atoms with Crippen LogP contribution in [0.3, 0.4) is 0 Å². The monoisotopic (exact) mass is 397 g/mol. The molecule has 0 spiro atoms. The van der Waals surface area contributed by atoms with Crippen molar-refractivity contribution in [2.75, 3.05) is 11.6 Å². The maximum absolute atomic E-state index is 11.6. The van der Waals surface area contributed by atoms with Crippen LogP contribution in [0.25, 0.3) is 22.2 Å². The summed E-state index contributed by atoms with van der Waals surface area (Å²) in [5.74, 6) is 0. The molecule has 7 heteroatoms. The number of fused-ring (bicyclic) bond motifs is 1. The Hall–Kier alpha value is -2.83. The zero-order valence-corrected chi connectivity index (χ0v) is 16.0. The summed E-state index contributed by atoms with van der Waals surface area (Å²) in [4.78, 5) is 0.289. The van der Waals surface area contributed by atoms with E-state index in [1.54, 1.807) is 24.3 Å². The van der Waals surface area contributed by atoms with Gasteiger partial charge in [0.15, 0.2) is 9.84 Å². The van der Waals surface area contributed by atoms with E-state index in [2.05, 4.69) is 15.5 Å². The molecule has 0 aliphatic heterocycles. The van der Waals surface area contributed by atoms with Crippen LogP contribution in [0.4, 0.5) is 11.4 Å². The second-order valence-electron chi connectivity index (χ2n) is 6.23. The molecule has 0 aliphatic carbocycles. The zero-order valence-electron chi connectivity index (χ0n) is 14.4. The fourth-order valence-electron chi connectivity index (χ4n) is 2.90. The molecule has 0 saturated heterocycles. The van der Waals surface area contributed by atoms with E-state index < -0.39 is 9.84 Å². The highest BCUT2D eigenvalue weighted by Crippen LogP contribution is 2.31. The Morgan fingerprint density at radius 2 is 1.74 bits per heavy atom. The van der Waals surface area contributed by atoms with Crippen LogP contribution >= 0.6 is 11.6 Å². The molecule has 0 atom stereocenters. The summed E-state index contributed by atoms with van der Waals surface area (Å²) in [5.41, 5.74) is 4.21. The molecular formula is C20H16ClN3O2S. The predicted octanol–water partition coefficient (Wildman–Crippen LogP) is 5.03. The fraction of sp³-hybridized carbons (Fsp3) is 0.0500. The first-order chi connectivity index (χ1) is 12.9. The number of nitrogens with zero attached hydrogens (tertiary/aromatic N) is 1. The first-order valence-corrected chi connectivity index (χ1v) is 10.5. The third-order valence-electron chi connectivity index (χ3n) is 4.27. The minimum absolute atomic E-state index is 0.289. The molecule has 3 aromatic carbocycles. The number of hydrogen-bond acceptors (Lipinski definition) is 4. The van der Waals surface area contributed by atoms with Gasteiger partial charge in [-0.2, -0.15) is 5.10 Å². The van der Waals surface area contributed by atoms with Crippen molar-refractivity contribution in [3.63, 3.8) is 0 Å². The van der Waals surface area contributed by atoms with Gasteiger partial charge in [-0.25, -0.2) is 8.42 Å². The largest absolute Gasteiger partial charge is 0.354 e. The summed E-state index contributed by atoms with van der Waals surface area (Å²) >= 11 is 6.20. The first-order valence-electron chi connectivity index (χ1n) is 8.22. The van der Waals surface area contributed by atoms with E-state index in [0.29, 0.717) is 5.02 Å². The highest BCUT2D eigenvalue weighted by Gasteiger charge is 2.11. The lowest BCUT2D eigenvalue weighted by Gasteiger charge is -2.08. The SMILES string of the molecule is CS(=O)(=O)c1ccc(-c2n[nH]c3cc(Nc4ccccc4Cl)ccc23)cc1. The number of H-pyrrole nitrogens is 1. The maximum Gasteiger partial charge on any atom is 0.175 e. The third-order valence-corrected chi connectivity index (χ3v) is 5.73. The van der Waals surface area contributed by atoms with E-state index in [9.17, 15) is 8.42 Å². The minimum Gasteiger partial charge on any atom is -0.354 e. The Labute approximate surface area is 161 Å². The molecule has 4 aromatic rings. The van der Waals surface area contributed by atoms with Crippen molar-refractivity contribution < 1.29 is 8.42 Å². The van der Waals surface area contributed by atoms with Crippen LogP contribution < -0.4 is 5.32 Å². The molecule has 0 fully saturated rings. The number of aromatic amines is 1. The van der Waals surface area contributed by atoms with Crippen LogP contribution in [0, 0.1) is 0 Å². The second kappa shape index (κ2) is 6.72. The highest BCUT2D eigenvalue weighted by atomic mass is 35.5. The highest BCUT2D eigenvalue weighted by molar-refractivity contribution is 7.90. The molecule has 4 rings (SSSR count). The lowest BCUT2D eigenvalue weighted by molar-refractivity contribution is 0.602. The quantitative estimate of drug-likeness (QED) is 0.506. The Morgan fingerprint density at radius 1 is 1.00 bits per heavy atom. The number of para-hydroxylation sites is 1. The normalized spacial score (nSPS) is 11.6. The Bertz CT molecular complexity index is 1230. The van der Waals surface area contributed by atoms with E-state index in [-0.39, 0.29) is 4.90 Å². The maximum atomic E-state index is 11.6. The van der Waals surface area contributed by atoms with Crippen LogP contribution in [0.15, 0.2) is 71.6 Å². The summed E-state index contributed by atoms with van der Waals surface area (Å²) in [6.07, 6.45) is 1.19. The van der Waals surface area contributed by atoms with Crippen molar-refractivity contribution in [1.29, 1.82) is 0 Å². The molecule has 27 heavy (non-hydrogen) atoms. The molecule has 2 N–H and O–H groups in total. The van der Waals surface area contributed by atoms with E-state index in [1.807, 2.05) is 42.5 Å². The van der Waals surface area contributed by atoms with Crippen LogP contribution in [-0.2, 0) is 9.84 Å². The summed E-state index contributed by atoms with van der Waals surface area (Å²) in [7, 11) is -3.22. The molecule has 0 bridgehead atoms. The van der Waals surface area contributed by atoms with Gasteiger partial charge in [0, 0.05) is 22.9 Å². The van der Waals surface area contributed by atoms with Crippen molar-refractivity contribution >= 4 is 43.7 Å². The van der Waals surface area contributed by atoms with Crippen LogP contribution in [0.2, 0.25) is 5.02 Å². The molecule has 1 aromatic heterocycles. The van der Waals surface area contributed by atoms with Gasteiger partial charge in [-0.1, -0.05) is 35.9 Å². The fourth-order valence-corrected chi connectivity index (χ4v) is 3.71. The minimum atomic E-state index is -3.22. The van der Waals surface area contributed by atoms with Crippen molar-refractivity contribution in [1.82, 2.24) is 10.2 Å². The van der Waals surface area contributed by atoms with Gasteiger partial charge in [0.05, 0.1) is 26.8 Å². The van der Waals surface area contributed by atoms with E-state index in [4.69, 9.17) is 11.6 Å². The van der Waals surface area contributed by atoms with Crippen molar-refractivity contribution in [2.45, 2.75) is 4.90 Å². The van der Waals surface area contributed by atoms with Gasteiger partial charge in [-0.05, 0) is 42.5 Å². The standard InChI is InChI=1S/C20H16ClN3O2S/c1-27(25,26)15-9-6-13(7-10-15)20-16-11-8-14(12-19(16)23-24-20)22-18-5-3-2-4-17(18)21/h2-12,22H,1H3,(H,23,24). The average molecular weight is 398 g/mol. The summed E-state index contributed by atoms with van der Waals surface area (Å²) in [6, 6.07) is 20.1. The van der Waals surface area contributed by atoms with Crippen molar-refractivity contribution in [2.24, 2.45) is 0 Å². The van der Waals surface area contributed by atoms with E-state index in [0.717, 1.165) is 33.5 Å². The van der Waals surface area contributed by atoms with Gasteiger partial charge in [-0.15, -0.1) is 0 Å². The Kier molecular flexibility index (Phi) is 4.37. The number of aromatic nitrogens is 2. The lowest BCUT2D eigenvalue weighted by Crippen LogP contribution is -1.96. The third kappa shape index (κ3) is 3.54. The average Bonchev–Trinajstić information content (AvgIpc) is 3.06. The van der Waals surface area contributed by atoms with Gasteiger partial charge in [0.2, 0.25) is 0 Å². The number of benzene rings is 3. The lowest BCUT2D eigenvalue weighted by atomic mass is 10.1. The van der Waals surface area contributed by atoms with E-state index in [1.165, 1.54) is 6.26 Å². The number of sulfone groups is 1. The molecule has 0 aliphatic rings. The zero-order chi connectivity index (χ0) is 19.0. The molecular weight excluding hydrogens is 382 g/mol. The van der Waals surface area contributed by atoms with Crippen LogP contribution in [-0.4, -0.2) is 24.9 Å². The van der Waals surface area contributed by atoms with Crippen molar-refractivity contribution in [3.05, 3.63) is 71.8 Å². The molecule has 0 saturated carbocycles. The summed E-state index contributed by atoms with van der Waals surface area (Å²) in [6.45, 7) is 0. The van der Waals surface area contributed by atoms with Gasteiger partial charge in [0.1, 0.15) is 0 Å². The smallest absolute Gasteiger partial charge is 0.175 e. The number of anilines is 2. The molecule has 136 valence electrons. The summed E-state index contributed by atoms with van der Waals surface area (Å²) < 4.78 is 23.2. The molecule has 5 nitrogen and oxygen atoms in total. The Balaban J connectivity index is 1.68.